The van der Waals surface area contributed by atoms with Crippen LogP contribution in [0.4, 0.5) is 5.69 Å². The fourth-order valence-electron chi connectivity index (χ4n) is 5.31. The van der Waals surface area contributed by atoms with Gasteiger partial charge in [-0.05, 0) is 37.1 Å². The van der Waals surface area contributed by atoms with Gasteiger partial charge in [-0.2, -0.15) is 0 Å². The summed E-state index contributed by atoms with van der Waals surface area (Å²) in [4.78, 5) is 44.1. The van der Waals surface area contributed by atoms with E-state index in [1.54, 1.807) is 48.4 Å². The summed E-state index contributed by atoms with van der Waals surface area (Å²) in [5.74, 6) is -1.65. The van der Waals surface area contributed by atoms with Crippen LogP contribution in [-0.2, 0) is 24.7 Å². The molecule has 1 fully saturated rings. The minimum absolute atomic E-state index is 0.108. The quantitative estimate of drug-likeness (QED) is 0.274. The minimum Gasteiger partial charge on any atom is -0.507 e. The Bertz CT molecular complexity index is 1270. The number of fused-ring (bicyclic) bond motifs is 3. The van der Waals surface area contributed by atoms with Gasteiger partial charge in [-0.1, -0.05) is 25.1 Å². The van der Waals surface area contributed by atoms with Crippen molar-refractivity contribution in [3.8, 4) is 11.5 Å². The van der Waals surface area contributed by atoms with Gasteiger partial charge in [0.15, 0.2) is 17.0 Å². The number of rotatable bonds is 7. The lowest BCUT2D eigenvalue weighted by molar-refractivity contribution is -0.143. The molecule has 5 rings (SSSR count). The third kappa shape index (κ3) is 3.37. The molecule has 2 amide bonds. The zero-order valence-electron chi connectivity index (χ0n) is 20.3. The van der Waals surface area contributed by atoms with Gasteiger partial charge in [-0.25, -0.2) is 0 Å². The number of likely N-dealkylation sites (tertiary alicyclic amines) is 1. The highest BCUT2D eigenvalue weighted by molar-refractivity contribution is 6.50. The number of benzene rings is 2. The van der Waals surface area contributed by atoms with Gasteiger partial charge < -0.3 is 29.1 Å². The predicted molar refractivity (Wildman–Crippen MR) is 131 cm³/mol. The van der Waals surface area contributed by atoms with Crippen molar-refractivity contribution in [2.24, 2.45) is 0 Å². The number of hydrogen-bond acceptors (Lipinski definition) is 7. The Kier molecular flexibility index (Phi) is 6.17. The Labute approximate surface area is 208 Å². The van der Waals surface area contributed by atoms with Gasteiger partial charge in [0.1, 0.15) is 19.0 Å². The fraction of sp³-hybridized carbons (Fsp3) is 0.370. The number of Topliss-reactive ketones (excluding diaryl/α,β-unsaturated/α-hetero) is 1. The Morgan fingerprint density at radius 3 is 2.56 bits per heavy atom. The summed E-state index contributed by atoms with van der Waals surface area (Å²) in [6.07, 6.45) is 1.09. The largest absolute Gasteiger partial charge is 0.507 e. The van der Waals surface area contributed by atoms with Crippen molar-refractivity contribution in [2.45, 2.75) is 25.3 Å². The molecule has 3 aliphatic heterocycles. The van der Waals surface area contributed by atoms with Crippen molar-refractivity contribution < 1.29 is 33.7 Å². The highest BCUT2D eigenvalue weighted by Crippen LogP contribution is 2.53. The summed E-state index contributed by atoms with van der Waals surface area (Å²) in [5.41, 5.74) is -0.633. The van der Waals surface area contributed by atoms with Crippen LogP contribution in [-0.4, -0.2) is 67.6 Å². The van der Waals surface area contributed by atoms with Gasteiger partial charge in [-0.15, -0.1) is 0 Å². The molecule has 0 aliphatic carbocycles. The topological polar surface area (TPSA) is 106 Å². The number of ether oxygens (including phenoxy) is 3. The molecule has 2 aromatic rings. The van der Waals surface area contributed by atoms with Crippen LogP contribution in [0, 0.1) is 0 Å². The first kappa shape index (κ1) is 23.9. The van der Waals surface area contributed by atoms with Crippen LogP contribution in [0.2, 0.25) is 0 Å². The number of carbonyl (C=O) groups is 3. The lowest BCUT2D eigenvalue weighted by atomic mass is 9.81. The predicted octanol–water partition coefficient (Wildman–Crippen LogP) is 2.83. The molecule has 0 radical (unpaired) electrons. The van der Waals surface area contributed by atoms with E-state index in [4.69, 9.17) is 14.2 Å². The van der Waals surface area contributed by atoms with Crippen LogP contribution >= 0.6 is 0 Å². The Balaban J connectivity index is 1.75. The van der Waals surface area contributed by atoms with Crippen molar-refractivity contribution in [3.05, 3.63) is 59.2 Å². The zero-order valence-corrected chi connectivity index (χ0v) is 20.3. The molecule has 2 aromatic carbocycles. The average Bonchev–Trinajstić information content (AvgIpc) is 3.27. The Morgan fingerprint density at radius 2 is 1.81 bits per heavy atom. The zero-order chi connectivity index (χ0) is 25.4. The van der Waals surface area contributed by atoms with Gasteiger partial charge in [0.25, 0.3) is 17.6 Å². The molecule has 9 nitrogen and oxygen atoms in total. The third-order valence-electron chi connectivity index (χ3n) is 6.80. The van der Waals surface area contributed by atoms with Crippen molar-refractivity contribution in [1.29, 1.82) is 0 Å². The maximum atomic E-state index is 14.2. The molecular formula is C27H28N2O7. The monoisotopic (exact) mass is 492 g/mol. The first-order valence-corrected chi connectivity index (χ1v) is 12.1. The van der Waals surface area contributed by atoms with Gasteiger partial charge in [-0.3, -0.25) is 14.4 Å². The number of ketones is 1. The normalized spacial score (nSPS) is 22.0. The van der Waals surface area contributed by atoms with Crippen LogP contribution in [0.5, 0.6) is 11.5 Å². The van der Waals surface area contributed by atoms with E-state index in [-0.39, 0.29) is 17.7 Å². The second kappa shape index (κ2) is 9.31. The first-order valence-electron chi connectivity index (χ1n) is 12.1. The molecule has 1 atom stereocenters. The number of carbonyl (C=O) groups excluding carboxylic acids is 3. The number of amides is 2. The highest BCUT2D eigenvalue weighted by Gasteiger charge is 2.66. The standard InChI is InChI=1S/C27H28N2O7/c1-3-11-28-19-8-5-4-7-18(19)27(26(28)33)22(24(31)25(32)29(27)12-6-13-34-2)23(30)17-9-10-20-21(16-17)36-15-14-35-20/h4-5,7-10,16,30H,3,6,11-15H2,1-2H3/b23-22+/t27-/m0/s1. The van der Waals surface area contributed by atoms with E-state index in [1.165, 1.54) is 4.90 Å². The van der Waals surface area contributed by atoms with Crippen molar-refractivity contribution in [3.63, 3.8) is 0 Å². The minimum atomic E-state index is -1.77. The van der Waals surface area contributed by atoms with E-state index < -0.39 is 28.9 Å². The van der Waals surface area contributed by atoms with Crippen LogP contribution in [0.3, 0.4) is 0 Å². The van der Waals surface area contributed by atoms with E-state index >= 15 is 0 Å². The van der Waals surface area contributed by atoms with E-state index in [9.17, 15) is 19.5 Å². The Morgan fingerprint density at radius 1 is 1.06 bits per heavy atom. The molecular weight excluding hydrogens is 464 g/mol. The molecule has 3 heterocycles. The molecule has 9 heteroatoms. The maximum Gasteiger partial charge on any atom is 0.296 e. The second-order valence-electron chi connectivity index (χ2n) is 8.90. The first-order chi connectivity index (χ1) is 17.5. The van der Waals surface area contributed by atoms with Crippen LogP contribution in [0.1, 0.15) is 30.9 Å². The smallest absolute Gasteiger partial charge is 0.296 e. The van der Waals surface area contributed by atoms with E-state index in [1.807, 2.05) is 13.0 Å². The lowest BCUT2D eigenvalue weighted by Gasteiger charge is -2.34. The molecule has 0 bridgehead atoms. The third-order valence-corrected chi connectivity index (χ3v) is 6.80. The van der Waals surface area contributed by atoms with E-state index in [2.05, 4.69) is 0 Å². The number of hydrogen-bond donors (Lipinski definition) is 1. The molecule has 1 spiro atoms. The number of nitrogens with zero attached hydrogens (tertiary/aromatic N) is 2. The SMILES string of the molecule is CCCN1C(=O)[C@@]2(/C(=C(/O)c3ccc4c(c3)OCCO4)C(=O)C(=O)N2CCCOC)c2ccccc21. The molecule has 1 saturated heterocycles. The van der Waals surface area contributed by atoms with Crippen molar-refractivity contribution >= 4 is 29.0 Å². The molecule has 0 unspecified atom stereocenters. The van der Waals surface area contributed by atoms with E-state index in [0.29, 0.717) is 62.0 Å². The summed E-state index contributed by atoms with van der Waals surface area (Å²) >= 11 is 0. The number of aliphatic hydroxyl groups excluding tert-OH is 1. The molecule has 1 N–H and O–H groups in total. The van der Waals surface area contributed by atoms with Crippen molar-refractivity contribution in [1.82, 2.24) is 4.90 Å². The fourth-order valence-corrected chi connectivity index (χ4v) is 5.31. The molecule has 36 heavy (non-hydrogen) atoms. The second-order valence-corrected chi connectivity index (χ2v) is 8.90. The summed E-state index contributed by atoms with van der Waals surface area (Å²) in [6.45, 7) is 3.56. The van der Waals surface area contributed by atoms with Gasteiger partial charge in [0.05, 0.1) is 11.3 Å². The number of aliphatic hydroxyl groups is 1. The van der Waals surface area contributed by atoms with Gasteiger partial charge in [0, 0.05) is 37.9 Å². The summed E-state index contributed by atoms with van der Waals surface area (Å²) < 4.78 is 16.4. The molecule has 188 valence electrons. The molecule has 0 saturated carbocycles. The molecule has 3 aliphatic rings. The van der Waals surface area contributed by atoms with E-state index in [0.717, 1.165) is 0 Å². The number of anilines is 1. The van der Waals surface area contributed by atoms with Crippen LogP contribution in [0.25, 0.3) is 5.76 Å². The highest BCUT2D eigenvalue weighted by atomic mass is 16.6. The summed E-state index contributed by atoms with van der Waals surface area (Å²) in [7, 11) is 1.55. The van der Waals surface area contributed by atoms with Gasteiger partial charge >= 0.3 is 0 Å². The Hall–Kier alpha value is -3.85. The van der Waals surface area contributed by atoms with Crippen LogP contribution < -0.4 is 14.4 Å². The summed E-state index contributed by atoms with van der Waals surface area (Å²) in [5, 5.41) is 11.6. The lowest BCUT2D eigenvalue weighted by Crippen LogP contribution is -2.52. The average molecular weight is 493 g/mol. The van der Waals surface area contributed by atoms with Crippen molar-refractivity contribution in [2.75, 3.05) is 44.9 Å². The van der Waals surface area contributed by atoms with Gasteiger partial charge in [0.2, 0.25) is 0 Å². The number of methoxy groups -OCH3 is 1. The summed E-state index contributed by atoms with van der Waals surface area (Å²) in [6, 6.07) is 11.9. The molecule has 0 aromatic heterocycles. The number of para-hydroxylation sites is 1. The maximum absolute atomic E-state index is 14.2. The van der Waals surface area contributed by atoms with Crippen LogP contribution in [0.15, 0.2) is 48.0 Å².